The second kappa shape index (κ2) is 5.47. The van der Waals surface area contributed by atoms with Crippen LogP contribution in [0.5, 0.6) is 0 Å². The maximum Gasteiger partial charge on any atom is 0.251 e. The molecule has 1 aromatic rings. The van der Waals surface area contributed by atoms with E-state index in [2.05, 4.69) is 10.3 Å². The van der Waals surface area contributed by atoms with Crippen molar-refractivity contribution in [3.8, 4) is 6.07 Å². The van der Waals surface area contributed by atoms with Gasteiger partial charge in [0.1, 0.15) is 17.6 Å². The van der Waals surface area contributed by atoms with Gasteiger partial charge < -0.3 is 15.0 Å². The Morgan fingerprint density at radius 3 is 3.10 bits per heavy atom. The number of carbonyl (C=O) groups excluding carboxylic acids is 1. The van der Waals surface area contributed by atoms with Gasteiger partial charge in [-0.25, -0.2) is 4.98 Å². The Morgan fingerprint density at radius 2 is 2.35 bits per heavy atom. The third-order valence-corrected chi connectivity index (χ3v) is 3.46. The monoisotopic (exact) mass is 272 g/mol. The molecule has 1 aromatic heterocycles. The summed E-state index contributed by atoms with van der Waals surface area (Å²) in [6, 6.07) is 7.68. The molecule has 0 aromatic carbocycles. The Hall–Kier alpha value is -2.13. The van der Waals surface area contributed by atoms with Gasteiger partial charge in [0.15, 0.2) is 6.10 Å². The number of hydrogen-bond donors (Lipinski definition) is 1. The Bertz CT molecular complexity index is 550. The molecule has 1 amide bonds. The number of anilines is 1. The van der Waals surface area contributed by atoms with Gasteiger partial charge in [0.2, 0.25) is 0 Å². The zero-order chi connectivity index (χ0) is 13.9. The molecule has 1 atom stereocenters. The topological polar surface area (TPSA) is 78.2 Å². The van der Waals surface area contributed by atoms with Gasteiger partial charge in [0, 0.05) is 12.6 Å². The molecule has 6 nitrogen and oxygen atoms in total. The Kier molecular flexibility index (Phi) is 3.52. The minimum absolute atomic E-state index is 0.0476. The minimum Gasteiger partial charge on any atom is -0.365 e. The third kappa shape index (κ3) is 2.89. The summed E-state index contributed by atoms with van der Waals surface area (Å²) in [5.74, 6) is 0.671. The highest BCUT2D eigenvalue weighted by atomic mass is 16.5. The lowest BCUT2D eigenvalue weighted by atomic mass is 10.2. The van der Waals surface area contributed by atoms with Crippen LogP contribution in [-0.2, 0) is 9.53 Å². The molecule has 1 N–H and O–H groups in total. The molecule has 104 valence electrons. The van der Waals surface area contributed by atoms with Crippen molar-refractivity contribution in [3.63, 3.8) is 0 Å². The first-order chi connectivity index (χ1) is 9.76. The summed E-state index contributed by atoms with van der Waals surface area (Å²) in [5, 5.41) is 11.8. The first-order valence-corrected chi connectivity index (χ1v) is 6.80. The zero-order valence-electron chi connectivity index (χ0n) is 11.1. The molecule has 6 heteroatoms. The average molecular weight is 272 g/mol. The van der Waals surface area contributed by atoms with Crippen molar-refractivity contribution in [1.29, 1.82) is 5.26 Å². The van der Waals surface area contributed by atoms with Gasteiger partial charge in [-0.2, -0.15) is 5.26 Å². The standard InChI is InChI=1S/C14H16N4O2/c15-8-11-2-1-3-13(16-11)18-6-7-20-12(9-18)14(19)17-10-4-5-10/h1-3,10,12H,4-7,9H2,(H,17,19). The predicted molar refractivity (Wildman–Crippen MR) is 72.1 cm³/mol. The Morgan fingerprint density at radius 1 is 1.50 bits per heavy atom. The largest absolute Gasteiger partial charge is 0.365 e. The van der Waals surface area contributed by atoms with Crippen molar-refractivity contribution < 1.29 is 9.53 Å². The highest BCUT2D eigenvalue weighted by molar-refractivity contribution is 5.82. The molecule has 2 heterocycles. The number of pyridine rings is 1. The number of hydrogen-bond acceptors (Lipinski definition) is 5. The zero-order valence-corrected chi connectivity index (χ0v) is 11.1. The lowest BCUT2D eigenvalue weighted by Gasteiger charge is -2.33. The van der Waals surface area contributed by atoms with E-state index in [9.17, 15) is 4.79 Å². The summed E-state index contributed by atoms with van der Waals surface area (Å²) in [5.41, 5.74) is 0.382. The van der Waals surface area contributed by atoms with Gasteiger partial charge in [0.25, 0.3) is 5.91 Å². The van der Waals surface area contributed by atoms with Crippen LogP contribution in [0.15, 0.2) is 18.2 Å². The summed E-state index contributed by atoms with van der Waals surface area (Å²) >= 11 is 0. The molecule has 2 aliphatic rings. The van der Waals surface area contributed by atoms with Crippen molar-refractivity contribution in [3.05, 3.63) is 23.9 Å². The summed E-state index contributed by atoms with van der Waals surface area (Å²) in [4.78, 5) is 18.3. The predicted octanol–water partition coefficient (Wildman–Crippen LogP) is 0.437. The summed E-state index contributed by atoms with van der Waals surface area (Å²) in [7, 11) is 0. The molecule has 0 spiro atoms. The lowest BCUT2D eigenvalue weighted by molar-refractivity contribution is -0.133. The van der Waals surface area contributed by atoms with Crippen LogP contribution >= 0.6 is 0 Å². The number of morpholine rings is 1. The quantitative estimate of drug-likeness (QED) is 0.863. The second-order valence-corrected chi connectivity index (χ2v) is 5.08. The van der Waals surface area contributed by atoms with Gasteiger partial charge in [-0.15, -0.1) is 0 Å². The van der Waals surface area contributed by atoms with E-state index in [-0.39, 0.29) is 5.91 Å². The van der Waals surface area contributed by atoms with E-state index in [1.807, 2.05) is 17.0 Å². The van der Waals surface area contributed by atoms with E-state index in [1.165, 1.54) is 0 Å². The SMILES string of the molecule is N#Cc1cccc(N2CCOC(C(=O)NC3CC3)C2)n1. The fraction of sp³-hybridized carbons (Fsp3) is 0.500. The van der Waals surface area contributed by atoms with E-state index in [1.54, 1.807) is 12.1 Å². The van der Waals surface area contributed by atoms with E-state index in [0.717, 1.165) is 18.7 Å². The fourth-order valence-electron chi connectivity index (χ4n) is 2.20. The van der Waals surface area contributed by atoms with Crippen molar-refractivity contribution in [2.75, 3.05) is 24.6 Å². The molecule has 1 saturated heterocycles. The molecule has 1 saturated carbocycles. The number of ether oxygens (including phenoxy) is 1. The van der Waals surface area contributed by atoms with Crippen molar-refractivity contribution in [2.45, 2.75) is 25.0 Å². The smallest absolute Gasteiger partial charge is 0.251 e. The fourth-order valence-corrected chi connectivity index (χ4v) is 2.20. The number of carbonyl (C=O) groups is 1. The van der Waals surface area contributed by atoms with E-state index < -0.39 is 6.10 Å². The Labute approximate surface area is 117 Å². The normalized spacial score (nSPS) is 22.1. The van der Waals surface area contributed by atoms with Gasteiger partial charge in [-0.3, -0.25) is 4.79 Å². The number of nitrogens with one attached hydrogen (secondary N) is 1. The van der Waals surface area contributed by atoms with Crippen LogP contribution in [0.3, 0.4) is 0 Å². The molecule has 0 radical (unpaired) electrons. The number of amides is 1. The van der Waals surface area contributed by atoms with Crippen LogP contribution in [-0.4, -0.2) is 42.7 Å². The average Bonchev–Trinajstić information content (AvgIpc) is 3.31. The van der Waals surface area contributed by atoms with Gasteiger partial charge >= 0.3 is 0 Å². The van der Waals surface area contributed by atoms with E-state index in [4.69, 9.17) is 10.00 Å². The van der Waals surface area contributed by atoms with Crippen LogP contribution in [0, 0.1) is 11.3 Å². The van der Waals surface area contributed by atoms with Crippen LogP contribution < -0.4 is 10.2 Å². The van der Waals surface area contributed by atoms with Gasteiger partial charge in [-0.1, -0.05) is 6.07 Å². The van der Waals surface area contributed by atoms with Crippen LogP contribution in [0.2, 0.25) is 0 Å². The first-order valence-electron chi connectivity index (χ1n) is 6.80. The van der Waals surface area contributed by atoms with Crippen LogP contribution in [0.1, 0.15) is 18.5 Å². The number of nitrogens with zero attached hydrogens (tertiary/aromatic N) is 3. The lowest BCUT2D eigenvalue weighted by Crippen LogP contribution is -2.50. The molecule has 1 aliphatic heterocycles. The molecule has 1 aliphatic carbocycles. The molecule has 0 bridgehead atoms. The first kappa shape index (κ1) is 12.9. The summed E-state index contributed by atoms with van der Waals surface area (Å²) in [6.07, 6.45) is 1.67. The van der Waals surface area contributed by atoms with Gasteiger partial charge in [0.05, 0.1) is 13.2 Å². The van der Waals surface area contributed by atoms with Crippen molar-refractivity contribution in [2.24, 2.45) is 0 Å². The maximum atomic E-state index is 12.0. The number of nitriles is 1. The minimum atomic E-state index is -0.461. The molecular weight excluding hydrogens is 256 g/mol. The molecule has 2 fully saturated rings. The molecule has 20 heavy (non-hydrogen) atoms. The highest BCUT2D eigenvalue weighted by Gasteiger charge is 2.31. The molecular formula is C14H16N4O2. The maximum absolute atomic E-state index is 12.0. The summed E-state index contributed by atoms with van der Waals surface area (Å²) in [6.45, 7) is 1.64. The molecule has 3 rings (SSSR count). The third-order valence-electron chi connectivity index (χ3n) is 3.46. The van der Waals surface area contributed by atoms with Crippen LogP contribution in [0.25, 0.3) is 0 Å². The van der Waals surface area contributed by atoms with Crippen molar-refractivity contribution in [1.82, 2.24) is 10.3 Å². The second-order valence-electron chi connectivity index (χ2n) is 5.08. The number of rotatable bonds is 3. The van der Waals surface area contributed by atoms with E-state index >= 15 is 0 Å². The highest BCUT2D eigenvalue weighted by Crippen LogP contribution is 2.20. The van der Waals surface area contributed by atoms with Crippen molar-refractivity contribution >= 4 is 11.7 Å². The Balaban J connectivity index is 1.67. The molecule has 1 unspecified atom stereocenters. The van der Waals surface area contributed by atoms with Crippen LogP contribution in [0.4, 0.5) is 5.82 Å². The summed E-state index contributed by atoms with van der Waals surface area (Å²) < 4.78 is 5.53. The van der Waals surface area contributed by atoms with E-state index in [0.29, 0.717) is 31.4 Å². The number of aromatic nitrogens is 1. The van der Waals surface area contributed by atoms with Gasteiger partial charge in [-0.05, 0) is 25.0 Å².